The van der Waals surface area contributed by atoms with E-state index in [9.17, 15) is 29.7 Å². The normalized spacial score (nSPS) is 60.1. The second-order valence-electron chi connectivity index (χ2n) is 10.7. The molecule has 2 spiro atoms. The second-order valence-corrected chi connectivity index (χ2v) is 10.7. The van der Waals surface area contributed by atoms with Gasteiger partial charge in [0, 0.05) is 5.92 Å². The number of carbonyl (C=O) groups is 3. The largest absolute Gasteiger partial charge is 0.456 e. The number of aliphatic hydroxyl groups is 3. The lowest BCUT2D eigenvalue weighted by Crippen LogP contribution is -2.65. The van der Waals surface area contributed by atoms with Crippen LogP contribution in [0.25, 0.3) is 0 Å². The molecule has 4 heterocycles. The molecule has 11 atom stereocenters. The first-order valence-electron chi connectivity index (χ1n) is 10.2. The van der Waals surface area contributed by atoms with Gasteiger partial charge in [-0.15, -0.1) is 0 Å². The van der Waals surface area contributed by atoms with Gasteiger partial charge in [-0.1, -0.05) is 20.8 Å². The van der Waals surface area contributed by atoms with Crippen molar-refractivity contribution in [1.29, 1.82) is 0 Å². The zero-order chi connectivity index (χ0) is 21.8. The van der Waals surface area contributed by atoms with E-state index in [1.54, 1.807) is 0 Å². The monoisotopic (exact) mass is 424 g/mol. The molecular weight excluding hydrogens is 400 g/mol. The molecule has 0 bridgehead atoms. The number of rotatable bonds is 0. The summed E-state index contributed by atoms with van der Waals surface area (Å²) in [5, 5.41) is 34.8. The lowest BCUT2D eigenvalue weighted by molar-refractivity contribution is -0.240. The number of esters is 3. The Morgan fingerprint density at radius 1 is 1.03 bits per heavy atom. The number of aliphatic hydroxyl groups excluding tert-OH is 2. The summed E-state index contributed by atoms with van der Waals surface area (Å²) in [4.78, 5) is 38.2. The van der Waals surface area contributed by atoms with Gasteiger partial charge in [0.1, 0.15) is 12.2 Å². The summed E-state index contributed by atoms with van der Waals surface area (Å²) in [6, 6.07) is 0. The fourth-order valence-electron chi connectivity index (χ4n) is 8.27. The summed E-state index contributed by atoms with van der Waals surface area (Å²) in [5.41, 5.74) is -8.15. The van der Waals surface area contributed by atoms with Crippen molar-refractivity contribution >= 4 is 17.9 Å². The molecule has 6 fully saturated rings. The zero-order valence-corrected chi connectivity index (χ0v) is 16.9. The zero-order valence-electron chi connectivity index (χ0n) is 16.9. The van der Waals surface area contributed by atoms with Crippen LogP contribution in [-0.2, 0) is 33.3 Å². The highest BCUT2D eigenvalue weighted by Crippen LogP contribution is 2.84. The summed E-state index contributed by atoms with van der Waals surface area (Å²) in [7, 11) is 0. The lowest BCUT2D eigenvalue weighted by atomic mass is 9.52. The van der Waals surface area contributed by atoms with E-state index in [0.29, 0.717) is 0 Å². The first-order chi connectivity index (χ1) is 13.8. The predicted octanol–water partition coefficient (Wildman–Crippen LogP) is -1.37. The van der Waals surface area contributed by atoms with Crippen LogP contribution in [-0.4, -0.2) is 75.1 Å². The first kappa shape index (κ1) is 19.0. The van der Waals surface area contributed by atoms with Crippen LogP contribution in [0.15, 0.2) is 0 Å². The Hall–Kier alpha value is -1.75. The molecule has 6 rings (SSSR count). The van der Waals surface area contributed by atoms with Crippen molar-refractivity contribution in [3.63, 3.8) is 0 Å². The first-order valence-corrected chi connectivity index (χ1v) is 10.2. The minimum atomic E-state index is -2.24. The molecule has 5 unspecified atom stereocenters. The topological polar surface area (TPSA) is 149 Å². The molecule has 0 aromatic rings. The van der Waals surface area contributed by atoms with Gasteiger partial charge in [-0.25, -0.2) is 4.79 Å². The van der Waals surface area contributed by atoms with Gasteiger partial charge in [-0.2, -0.15) is 0 Å². The third-order valence-corrected chi connectivity index (χ3v) is 8.85. The summed E-state index contributed by atoms with van der Waals surface area (Å²) >= 11 is 0. The number of fused-ring (bicyclic) bond motifs is 1. The van der Waals surface area contributed by atoms with E-state index in [-0.39, 0.29) is 6.42 Å². The Labute approximate surface area is 171 Å². The average Bonchev–Trinajstić information content (AvgIpc) is 3.32. The number of carbonyl (C=O) groups excluding carboxylic acids is 3. The van der Waals surface area contributed by atoms with Crippen LogP contribution in [0.4, 0.5) is 0 Å². The molecule has 0 radical (unpaired) electrons. The maximum Gasteiger partial charge on any atom is 0.343 e. The Bertz CT molecular complexity index is 925. The van der Waals surface area contributed by atoms with E-state index in [1.807, 2.05) is 20.8 Å². The fraction of sp³-hybridized carbons (Fsp3) is 0.850. The van der Waals surface area contributed by atoms with Gasteiger partial charge in [-0.05, 0) is 12.3 Å². The second kappa shape index (κ2) is 4.69. The van der Waals surface area contributed by atoms with Crippen molar-refractivity contribution < 1.29 is 48.7 Å². The minimum Gasteiger partial charge on any atom is -0.456 e. The van der Waals surface area contributed by atoms with Crippen LogP contribution in [0.1, 0.15) is 34.1 Å². The van der Waals surface area contributed by atoms with Crippen molar-refractivity contribution in [2.24, 2.45) is 28.1 Å². The van der Waals surface area contributed by atoms with Crippen LogP contribution in [0, 0.1) is 28.1 Å². The van der Waals surface area contributed by atoms with Crippen molar-refractivity contribution in [1.82, 2.24) is 0 Å². The molecule has 2 aliphatic carbocycles. The van der Waals surface area contributed by atoms with E-state index >= 15 is 0 Å². The molecule has 4 aliphatic heterocycles. The summed E-state index contributed by atoms with van der Waals surface area (Å²) < 4.78 is 22.5. The molecule has 30 heavy (non-hydrogen) atoms. The molecule has 0 aromatic heterocycles. The molecule has 4 saturated heterocycles. The predicted molar refractivity (Wildman–Crippen MR) is 92.0 cm³/mol. The Morgan fingerprint density at radius 2 is 1.70 bits per heavy atom. The van der Waals surface area contributed by atoms with Gasteiger partial charge in [-0.3, -0.25) is 9.59 Å². The molecule has 0 amide bonds. The van der Waals surface area contributed by atoms with Crippen LogP contribution in [0.5, 0.6) is 0 Å². The molecule has 0 aromatic carbocycles. The smallest absolute Gasteiger partial charge is 0.343 e. The van der Waals surface area contributed by atoms with Gasteiger partial charge in [0.15, 0.2) is 11.7 Å². The Morgan fingerprint density at radius 3 is 2.33 bits per heavy atom. The van der Waals surface area contributed by atoms with E-state index in [0.717, 1.165) is 0 Å². The third-order valence-electron chi connectivity index (χ3n) is 8.85. The fourth-order valence-corrected chi connectivity index (χ4v) is 8.27. The maximum atomic E-state index is 13.4. The van der Waals surface area contributed by atoms with Gasteiger partial charge in [0.25, 0.3) is 0 Å². The maximum absolute atomic E-state index is 13.4. The lowest BCUT2D eigenvalue weighted by Gasteiger charge is -2.46. The molecule has 3 N–H and O–H groups in total. The average molecular weight is 424 g/mol. The van der Waals surface area contributed by atoms with Crippen LogP contribution >= 0.6 is 0 Å². The number of hydrogen-bond acceptors (Lipinski definition) is 10. The van der Waals surface area contributed by atoms with Gasteiger partial charge >= 0.3 is 17.9 Å². The Balaban J connectivity index is 1.72. The highest BCUT2D eigenvalue weighted by molar-refractivity contribution is 5.93. The van der Waals surface area contributed by atoms with E-state index in [1.165, 1.54) is 6.92 Å². The van der Waals surface area contributed by atoms with Crippen molar-refractivity contribution in [3.8, 4) is 0 Å². The van der Waals surface area contributed by atoms with Crippen molar-refractivity contribution in [3.05, 3.63) is 0 Å². The summed E-state index contributed by atoms with van der Waals surface area (Å²) in [6.45, 7) is 7.00. The molecule has 2 saturated carbocycles. The van der Waals surface area contributed by atoms with E-state index in [2.05, 4.69) is 0 Å². The third kappa shape index (κ3) is 1.35. The molecule has 10 heteroatoms. The molecular formula is C20H24O10. The van der Waals surface area contributed by atoms with Crippen molar-refractivity contribution in [2.45, 2.75) is 76.0 Å². The van der Waals surface area contributed by atoms with E-state index in [4.69, 9.17) is 18.9 Å². The van der Waals surface area contributed by atoms with Crippen LogP contribution < -0.4 is 0 Å². The summed E-state index contributed by atoms with van der Waals surface area (Å²) in [6.07, 6.45) is -7.11. The SMILES string of the molecule is C[C@@H]1C(=O)OC2[C@H](O)C34C5OC(=O)C3(O[C@@H]3OC(=O)CC34[C@H](C(C)(C)C)[C@H]5O)[C@]21O. The molecule has 10 nitrogen and oxygen atoms in total. The number of hydrogen-bond donors (Lipinski definition) is 3. The van der Waals surface area contributed by atoms with Crippen molar-refractivity contribution in [2.75, 3.05) is 0 Å². The summed E-state index contributed by atoms with van der Waals surface area (Å²) in [5.74, 6) is -4.24. The molecule has 6 aliphatic rings. The molecule has 164 valence electrons. The highest BCUT2D eigenvalue weighted by atomic mass is 16.7. The number of ether oxygens (including phenoxy) is 4. The standard InChI is InChI=1S/C20H24O10/c1-6-13(24)28-12-10(23)18-11-8(22)9(16(2,3)4)17(18)5-7(21)27-15(17)30-20(18,14(25)29-11)19(6,12)26/h6,8-12,15,22-23,26H,5H2,1-4H3/t6-,8-,9+,10+,11?,12?,15+,17?,18?,19-,20?/m1/s1. The minimum absolute atomic E-state index is 0.228. The van der Waals surface area contributed by atoms with Crippen LogP contribution in [0.2, 0.25) is 0 Å². The quantitative estimate of drug-likeness (QED) is 0.314. The van der Waals surface area contributed by atoms with Crippen LogP contribution in [0.3, 0.4) is 0 Å². The highest BCUT2D eigenvalue weighted by Gasteiger charge is 3.03. The Kier molecular flexibility index (Phi) is 2.97. The van der Waals surface area contributed by atoms with E-state index < -0.39 is 87.9 Å². The van der Waals surface area contributed by atoms with Gasteiger partial charge < -0.3 is 34.3 Å². The van der Waals surface area contributed by atoms with Gasteiger partial charge in [0.2, 0.25) is 11.9 Å². The van der Waals surface area contributed by atoms with Gasteiger partial charge in [0.05, 0.1) is 29.3 Å².